The molecule has 29 heavy (non-hydrogen) atoms. The van der Waals surface area contributed by atoms with Crippen molar-refractivity contribution in [3.8, 4) is 11.5 Å². The van der Waals surface area contributed by atoms with Crippen LogP contribution in [-0.4, -0.2) is 55.6 Å². The van der Waals surface area contributed by atoms with Crippen molar-refractivity contribution in [3.63, 3.8) is 0 Å². The van der Waals surface area contributed by atoms with Crippen LogP contribution in [-0.2, 0) is 11.3 Å². The molecule has 0 amide bonds. The Morgan fingerprint density at radius 3 is 2.52 bits per heavy atom. The van der Waals surface area contributed by atoms with Crippen molar-refractivity contribution in [2.24, 2.45) is 0 Å². The molecule has 0 radical (unpaired) electrons. The van der Waals surface area contributed by atoms with Gasteiger partial charge in [0.1, 0.15) is 24.2 Å². The Kier molecular flexibility index (Phi) is 7.92. The number of hydrogen-bond donors (Lipinski definition) is 1. The van der Waals surface area contributed by atoms with Crippen molar-refractivity contribution < 1.29 is 19.3 Å². The maximum Gasteiger partial charge on any atom is 0.119 e. The second kappa shape index (κ2) is 10.6. The van der Waals surface area contributed by atoms with Gasteiger partial charge >= 0.3 is 0 Å². The Bertz CT molecular complexity index is 756. The molecule has 2 aromatic rings. The van der Waals surface area contributed by atoms with Gasteiger partial charge in [0.15, 0.2) is 0 Å². The molecule has 5 heteroatoms. The van der Waals surface area contributed by atoms with E-state index in [9.17, 15) is 5.11 Å². The first kappa shape index (κ1) is 21.6. The minimum Gasteiger partial charge on any atom is -0.497 e. The molecule has 2 aromatic carbocycles. The number of aliphatic hydroxyl groups excluding tert-OH is 1. The number of hydrogen-bond acceptors (Lipinski definition) is 5. The van der Waals surface area contributed by atoms with Crippen LogP contribution in [0.25, 0.3) is 0 Å². The largest absolute Gasteiger partial charge is 0.497 e. The fourth-order valence-corrected chi connectivity index (χ4v) is 3.62. The van der Waals surface area contributed by atoms with Gasteiger partial charge in [0.2, 0.25) is 0 Å². The standard InChI is InChI=1S/C24H33NO4/c1-18-6-9-23(13-19(18)2)29-17-21(26)15-25(16-24-5-4-12-28-24)14-20-7-10-22(27-3)11-8-20/h6-11,13,21,24,26H,4-5,12,14-17H2,1-3H3. The predicted molar refractivity (Wildman–Crippen MR) is 115 cm³/mol. The Hall–Kier alpha value is -2.08. The molecule has 158 valence electrons. The zero-order valence-corrected chi connectivity index (χ0v) is 17.8. The van der Waals surface area contributed by atoms with Gasteiger partial charge in [-0.1, -0.05) is 18.2 Å². The molecule has 0 aliphatic carbocycles. The van der Waals surface area contributed by atoms with E-state index < -0.39 is 6.10 Å². The van der Waals surface area contributed by atoms with Crippen molar-refractivity contribution in [1.82, 2.24) is 4.90 Å². The molecule has 1 saturated heterocycles. The van der Waals surface area contributed by atoms with Gasteiger partial charge in [0.05, 0.1) is 13.2 Å². The molecule has 1 aliphatic heterocycles. The third kappa shape index (κ3) is 6.74. The van der Waals surface area contributed by atoms with Crippen molar-refractivity contribution in [2.45, 2.75) is 45.4 Å². The van der Waals surface area contributed by atoms with Gasteiger partial charge in [0, 0.05) is 26.2 Å². The highest BCUT2D eigenvalue weighted by Crippen LogP contribution is 2.19. The highest BCUT2D eigenvalue weighted by Gasteiger charge is 2.21. The smallest absolute Gasteiger partial charge is 0.119 e. The maximum atomic E-state index is 10.6. The first-order valence-electron chi connectivity index (χ1n) is 10.4. The van der Waals surface area contributed by atoms with Crippen LogP contribution in [0.3, 0.4) is 0 Å². The third-order valence-electron chi connectivity index (χ3n) is 5.44. The first-order valence-corrected chi connectivity index (χ1v) is 10.4. The average Bonchev–Trinajstić information content (AvgIpc) is 3.22. The normalized spacial score (nSPS) is 17.5. The molecule has 0 aromatic heterocycles. The van der Waals surface area contributed by atoms with Gasteiger partial charge in [-0.2, -0.15) is 0 Å². The second-order valence-corrected chi connectivity index (χ2v) is 7.89. The minimum absolute atomic E-state index is 0.237. The maximum absolute atomic E-state index is 10.6. The molecule has 3 rings (SSSR count). The molecular weight excluding hydrogens is 366 g/mol. The van der Waals surface area contributed by atoms with Crippen LogP contribution < -0.4 is 9.47 Å². The van der Waals surface area contributed by atoms with Crippen molar-refractivity contribution in [2.75, 3.05) is 33.4 Å². The number of rotatable bonds is 10. The van der Waals surface area contributed by atoms with Crippen LogP contribution in [0.4, 0.5) is 0 Å². The quantitative estimate of drug-likeness (QED) is 0.660. The highest BCUT2D eigenvalue weighted by atomic mass is 16.5. The SMILES string of the molecule is COc1ccc(CN(CC(O)COc2ccc(C)c(C)c2)CC2CCCO2)cc1. The Morgan fingerprint density at radius 1 is 1.10 bits per heavy atom. The number of ether oxygens (including phenoxy) is 3. The van der Waals surface area contributed by atoms with E-state index in [2.05, 4.69) is 30.9 Å². The molecule has 0 bridgehead atoms. The van der Waals surface area contributed by atoms with Crippen molar-refractivity contribution in [1.29, 1.82) is 0 Å². The summed E-state index contributed by atoms with van der Waals surface area (Å²) in [6.07, 6.45) is 1.85. The predicted octanol–water partition coefficient (Wildman–Crippen LogP) is 3.73. The van der Waals surface area contributed by atoms with Gasteiger partial charge in [-0.3, -0.25) is 4.90 Å². The molecule has 1 fully saturated rings. The number of benzene rings is 2. The van der Waals surface area contributed by atoms with E-state index in [1.807, 2.05) is 30.3 Å². The summed E-state index contributed by atoms with van der Waals surface area (Å²) in [6, 6.07) is 14.1. The molecule has 2 atom stereocenters. The van der Waals surface area contributed by atoms with E-state index in [-0.39, 0.29) is 12.7 Å². The zero-order chi connectivity index (χ0) is 20.6. The number of aryl methyl sites for hydroxylation is 2. The lowest BCUT2D eigenvalue weighted by molar-refractivity contribution is 0.0313. The lowest BCUT2D eigenvalue weighted by Gasteiger charge is -2.27. The van der Waals surface area contributed by atoms with E-state index in [0.29, 0.717) is 6.54 Å². The van der Waals surface area contributed by atoms with Crippen LogP contribution in [0.5, 0.6) is 11.5 Å². The summed E-state index contributed by atoms with van der Waals surface area (Å²) in [5.41, 5.74) is 3.61. The fraction of sp³-hybridized carbons (Fsp3) is 0.500. The van der Waals surface area contributed by atoms with Gasteiger partial charge in [-0.05, 0) is 67.6 Å². The fourth-order valence-electron chi connectivity index (χ4n) is 3.62. The second-order valence-electron chi connectivity index (χ2n) is 7.89. The van der Waals surface area contributed by atoms with Gasteiger partial charge in [-0.15, -0.1) is 0 Å². The van der Waals surface area contributed by atoms with Crippen LogP contribution in [0.1, 0.15) is 29.5 Å². The van der Waals surface area contributed by atoms with Gasteiger partial charge in [0.25, 0.3) is 0 Å². The monoisotopic (exact) mass is 399 g/mol. The Morgan fingerprint density at radius 2 is 1.86 bits per heavy atom. The molecule has 1 N–H and O–H groups in total. The molecule has 1 heterocycles. The minimum atomic E-state index is -0.573. The third-order valence-corrected chi connectivity index (χ3v) is 5.44. The van der Waals surface area contributed by atoms with Crippen LogP contribution in [0.15, 0.2) is 42.5 Å². The average molecular weight is 400 g/mol. The van der Waals surface area contributed by atoms with E-state index in [0.717, 1.165) is 44.0 Å². The first-order chi connectivity index (χ1) is 14.0. The van der Waals surface area contributed by atoms with Crippen molar-refractivity contribution >= 4 is 0 Å². The Balaban J connectivity index is 1.57. The molecular formula is C24H33NO4. The lowest BCUT2D eigenvalue weighted by atomic mass is 10.1. The number of methoxy groups -OCH3 is 1. The van der Waals surface area contributed by atoms with Crippen LogP contribution >= 0.6 is 0 Å². The summed E-state index contributed by atoms with van der Waals surface area (Å²) in [6.45, 7) is 7.35. The topological polar surface area (TPSA) is 51.2 Å². The van der Waals surface area contributed by atoms with Gasteiger partial charge in [-0.25, -0.2) is 0 Å². The Labute approximate surface area is 174 Å². The summed E-state index contributed by atoms with van der Waals surface area (Å²) < 4.78 is 16.9. The molecule has 0 spiro atoms. The number of aliphatic hydroxyl groups is 1. The summed E-state index contributed by atoms with van der Waals surface area (Å²) >= 11 is 0. The van der Waals surface area contributed by atoms with Crippen molar-refractivity contribution in [3.05, 3.63) is 59.2 Å². The van der Waals surface area contributed by atoms with Gasteiger partial charge < -0.3 is 19.3 Å². The summed E-state index contributed by atoms with van der Waals surface area (Å²) in [5.74, 6) is 1.65. The molecule has 1 aliphatic rings. The molecule has 0 saturated carbocycles. The zero-order valence-electron chi connectivity index (χ0n) is 17.8. The van der Waals surface area contributed by atoms with E-state index in [1.165, 1.54) is 16.7 Å². The van der Waals surface area contributed by atoms with E-state index in [1.54, 1.807) is 7.11 Å². The van der Waals surface area contributed by atoms with E-state index in [4.69, 9.17) is 14.2 Å². The number of nitrogens with zero attached hydrogens (tertiary/aromatic N) is 1. The summed E-state index contributed by atoms with van der Waals surface area (Å²) in [7, 11) is 1.67. The molecule has 2 unspecified atom stereocenters. The van der Waals surface area contributed by atoms with Crippen LogP contribution in [0.2, 0.25) is 0 Å². The lowest BCUT2D eigenvalue weighted by Crippen LogP contribution is -2.39. The summed E-state index contributed by atoms with van der Waals surface area (Å²) in [4.78, 5) is 2.26. The van der Waals surface area contributed by atoms with E-state index >= 15 is 0 Å². The summed E-state index contributed by atoms with van der Waals surface area (Å²) in [5, 5.41) is 10.6. The molecule has 5 nitrogen and oxygen atoms in total. The highest BCUT2D eigenvalue weighted by molar-refractivity contribution is 5.33. The van der Waals surface area contributed by atoms with Crippen LogP contribution in [0, 0.1) is 13.8 Å².